The molecule has 80 valence electrons. The van der Waals surface area contributed by atoms with Gasteiger partial charge in [0.1, 0.15) is 0 Å². The number of allylic oxidation sites excluding steroid dienone is 4. The minimum atomic E-state index is -3.09. The summed E-state index contributed by atoms with van der Waals surface area (Å²) >= 11 is -3.09. The van der Waals surface area contributed by atoms with Crippen LogP contribution >= 0.6 is 0 Å². The third kappa shape index (κ3) is 2.02. The van der Waals surface area contributed by atoms with E-state index < -0.39 is 17.8 Å². The molecular weight excluding hydrogens is 216 g/mol. The van der Waals surface area contributed by atoms with Crippen LogP contribution in [0.1, 0.15) is 19.8 Å². The molecule has 0 bridgehead atoms. The molecule has 3 nitrogen and oxygen atoms in total. The molecule has 0 N–H and O–H groups in total. The van der Waals surface area contributed by atoms with E-state index in [-0.39, 0.29) is 0 Å². The molecule has 4 heteroatoms. The van der Waals surface area contributed by atoms with Crippen molar-refractivity contribution in [1.82, 2.24) is 0 Å². The molecule has 0 aromatic rings. The second-order valence-electron chi connectivity index (χ2n) is 3.13. The van der Waals surface area contributed by atoms with E-state index in [0.717, 1.165) is 12.8 Å². The van der Waals surface area contributed by atoms with Crippen LogP contribution in [0.2, 0.25) is 0 Å². The van der Waals surface area contributed by atoms with Crippen molar-refractivity contribution in [3.8, 4) is 0 Å². The summed E-state index contributed by atoms with van der Waals surface area (Å²) in [4.78, 5) is 0. The quantitative estimate of drug-likeness (QED) is 0.684. The monoisotopic (exact) mass is 234 g/mol. The van der Waals surface area contributed by atoms with Crippen molar-refractivity contribution in [1.29, 1.82) is 0 Å². The van der Waals surface area contributed by atoms with E-state index in [4.69, 9.17) is 9.96 Å². The molecule has 0 heterocycles. The fourth-order valence-electron chi connectivity index (χ4n) is 1.82. The molecular formula is C10H18O3Ti. The van der Waals surface area contributed by atoms with Gasteiger partial charge in [-0.25, -0.2) is 0 Å². The first kappa shape index (κ1) is 12.1. The molecule has 0 unspecified atom stereocenters. The summed E-state index contributed by atoms with van der Waals surface area (Å²) in [6, 6.07) is 0. The van der Waals surface area contributed by atoms with Gasteiger partial charge in [-0.3, -0.25) is 0 Å². The van der Waals surface area contributed by atoms with E-state index in [1.807, 2.05) is 0 Å². The SMILES string of the molecule is CCC1=[C]([Ti]([O]C)([O]C)[O]C)CC=C1. The maximum absolute atomic E-state index is 5.50. The fraction of sp³-hybridized carbons (Fsp3) is 0.600. The molecule has 0 fully saturated rings. The summed E-state index contributed by atoms with van der Waals surface area (Å²) in [5.74, 6) is 0. The van der Waals surface area contributed by atoms with Crippen LogP contribution in [0, 0.1) is 0 Å². The normalized spacial score (nSPS) is 16.9. The average molecular weight is 234 g/mol. The van der Waals surface area contributed by atoms with Crippen LogP contribution in [0.5, 0.6) is 0 Å². The third-order valence-corrected chi connectivity index (χ3v) is 7.08. The molecule has 1 aliphatic rings. The van der Waals surface area contributed by atoms with Crippen LogP contribution in [0.25, 0.3) is 0 Å². The molecule has 0 aromatic carbocycles. The zero-order valence-electron chi connectivity index (χ0n) is 9.29. The summed E-state index contributed by atoms with van der Waals surface area (Å²) in [5, 5.41) is 0. The number of rotatable bonds is 5. The zero-order chi connectivity index (χ0) is 10.6. The van der Waals surface area contributed by atoms with Crippen molar-refractivity contribution in [3.05, 3.63) is 21.6 Å². The van der Waals surface area contributed by atoms with E-state index >= 15 is 0 Å². The van der Waals surface area contributed by atoms with Crippen molar-refractivity contribution >= 4 is 0 Å². The Bertz CT molecular complexity index is 246. The summed E-state index contributed by atoms with van der Waals surface area (Å²) in [5.41, 5.74) is 1.32. The first-order valence-electron chi connectivity index (χ1n) is 4.78. The van der Waals surface area contributed by atoms with Crippen LogP contribution in [-0.4, -0.2) is 21.3 Å². The van der Waals surface area contributed by atoms with Gasteiger partial charge in [-0.05, 0) is 0 Å². The van der Waals surface area contributed by atoms with Gasteiger partial charge in [0, 0.05) is 0 Å². The molecule has 1 aliphatic carbocycles. The van der Waals surface area contributed by atoms with Crippen molar-refractivity contribution < 1.29 is 27.7 Å². The molecule has 0 aliphatic heterocycles. The van der Waals surface area contributed by atoms with Crippen molar-refractivity contribution in [3.63, 3.8) is 0 Å². The number of hydrogen-bond acceptors (Lipinski definition) is 3. The summed E-state index contributed by atoms with van der Waals surface area (Å²) in [6.45, 7) is 2.14. The van der Waals surface area contributed by atoms with Crippen LogP contribution in [-0.2, 0) is 27.7 Å². The number of hydrogen-bond donors (Lipinski definition) is 0. The Morgan fingerprint density at radius 1 is 1.21 bits per heavy atom. The predicted molar refractivity (Wildman–Crippen MR) is 52.1 cm³/mol. The average Bonchev–Trinajstić information content (AvgIpc) is 2.70. The van der Waals surface area contributed by atoms with Crippen LogP contribution in [0.4, 0.5) is 0 Å². The van der Waals surface area contributed by atoms with E-state index in [1.165, 1.54) is 9.45 Å². The molecule has 1 rings (SSSR count). The van der Waals surface area contributed by atoms with Gasteiger partial charge in [0.25, 0.3) is 0 Å². The van der Waals surface area contributed by atoms with Gasteiger partial charge < -0.3 is 0 Å². The summed E-state index contributed by atoms with van der Waals surface area (Å²) in [7, 11) is 5.02. The van der Waals surface area contributed by atoms with E-state index in [0.29, 0.717) is 0 Å². The molecule has 0 atom stereocenters. The van der Waals surface area contributed by atoms with Crippen molar-refractivity contribution in [2.24, 2.45) is 0 Å². The Labute approximate surface area is 90.5 Å². The van der Waals surface area contributed by atoms with Gasteiger partial charge >= 0.3 is 90.4 Å². The fourth-order valence-corrected chi connectivity index (χ4v) is 5.35. The Balaban J connectivity index is 3.00. The minimum absolute atomic E-state index is 0.915. The predicted octanol–water partition coefficient (Wildman–Crippen LogP) is 2.45. The molecule has 0 saturated heterocycles. The zero-order valence-corrected chi connectivity index (χ0v) is 10.9. The van der Waals surface area contributed by atoms with Gasteiger partial charge in [-0.15, -0.1) is 0 Å². The van der Waals surface area contributed by atoms with E-state index in [2.05, 4.69) is 19.1 Å². The van der Waals surface area contributed by atoms with Gasteiger partial charge in [0.05, 0.1) is 0 Å². The first-order chi connectivity index (χ1) is 6.74. The Morgan fingerprint density at radius 2 is 1.79 bits per heavy atom. The Hall–Kier alpha value is 0.0743. The summed E-state index contributed by atoms with van der Waals surface area (Å²) in [6.07, 6.45) is 6.21. The third-order valence-electron chi connectivity index (χ3n) is 2.59. The van der Waals surface area contributed by atoms with Crippen molar-refractivity contribution in [2.75, 3.05) is 21.3 Å². The summed E-state index contributed by atoms with van der Waals surface area (Å²) < 4.78 is 17.7. The van der Waals surface area contributed by atoms with E-state index in [1.54, 1.807) is 21.3 Å². The molecule has 0 spiro atoms. The molecule has 0 aromatic heterocycles. The molecule has 0 radical (unpaired) electrons. The van der Waals surface area contributed by atoms with E-state index in [9.17, 15) is 0 Å². The van der Waals surface area contributed by atoms with Gasteiger partial charge in [0.2, 0.25) is 0 Å². The van der Waals surface area contributed by atoms with Crippen LogP contribution in [0.3, 0.4) is 0 Å². The van der Waals surface area contributed by atoms with Crippen LogP contribution < -0.4 is 0 Å². The Morgan fingerprint density at radius 3 is 2.21 bits per heavy atom. The topological polar surface area (TPSA) is 27.7 Å². The van der Waals surface area contributed by atoms with Gasteiger partial charge in [-0.2, -0.15) is 0 Å². The van der Waals surface area contributed by atoms with Gasteiger partial charge in [-0.1, -0.05) is 0 Å². The first-order valence-corrected chi connectivity index (χ1v) is 7.47. The molecule has 0 saturated carbocycles. The van der Waals surface area contributed by atoms with Gasteiger partial charge in [0.15, 0.2) is 0 Å². The molecule has 0 amide bonds. The molecule has 14 heavy (non-hydrogen) atoms. The Kier molecular flexibility index (Phi) is 4.54. The second kappa shape index (κ2) is 5.24. The van der Waals surface area contributed by atoms with Crippen LogP contribution in [0.15, 0.2) is 21.6 Å². The second-order valence-corrected chi connectivity index (χ2v) is 7.72. The van der Waals surface area contributed by atoms with Crippen molar-refractivity contribution in [2.45, 2.75) is 19.8 Å². The maximum atomic E-state index is 5.50. The standard InChI is InChI=1S/C7H9.3CH3O.Ti/c1-2-7-5-3-4-6-7;3*1-2;/h3,5H,2,4H2,1H3;3*1H3;/q;3*-1;+3.